The average molecular weight is 375 g/mol. The summed E-state index contributed by atoms with van der Waals surface area (Å²) in [5.41, 5.74) is 2.51. The van der Waals surface area contributed by atoms with Gasteiger partial charge in [-0.3, -0.25) is 4.79 Å². The van der Waals surface area contributed by atoms with E-state index in [0.717, 1.165) is 11.1 Å². The number of hydrogen-bond acceptors (Lipinski definition) is 3. The smallest absolute Gasteiger partial charge is 0.243 e. The number of aryl methyl sites for hydroxylation is 2. The summed E-state index contributed by atoms with van der Waals surface area (Å²) in [6, 6.07) is 14.7. The van der Waals surface area contributed by atoms with Crippen LogP contribution in [0.5, 0.6) is 0 Å². The Bertz CT molecular complexity index is 864. The second-order valence-corrected chi connectivity index (χ2v) is 8.31. The highest BCUT2D eigenvalue weighted by Crippen LogP contribution is 2.21. The van der Waals surface area contributed by atoms with Crippen molar-refractivity contribution >= 4 is 15.9 Å². The first kappa shape index (κ1) is 20.1. The quantitative estimate of drug-likeness (QED) is 0.809. The zero-order valence-electron chi connectivity index (χ0n) is 15.7. The molecule has 0 aliphatic heterocycles. The third kappa shape index (κ3) is 4.71. The van der Waals surface area contributed by atoms with Crippen LogP contribution in [0.15, 0.2) is 53.4 Å². The van der Waals surface area contributed by atoms with Gasteiger partial charge in [0.15, 0.2) is 0 Å². The van der Waals surface area contributed by atoms with Crippen LogP contribution in [0.4, 0.5) is 0 Å². The van der Waals surface area contributed by atoms with E-state index in [1.165, 1.54) is 4.31 Å². The van der Waals surface area contributed by atoms with Crippen LogP contribution in [0.25, 0.3) is 0 Å². The number of carbonyl (C=O) groups is 1. The van der Waals surface area contributed by atoms with E-state index in [2.05, 4.69) is 5.32 Å². The lowest BCUT2D eigenvalue weighted by Crippen LogP contribution is -2.41. The highest BCUT2D eigenvalue weighted by molar-refractivity contribution is 7.89. The first-order chi connectivity index (χ1) is 12.3. The van der Waals surface area contributed by atoms with Gasteiger partial charge in [-0.25, -0.2) is 8.42 Å². The Balaban J connectivity index is 2.15. The van der Waals surface area contributed by atoms with Gasteiger partial charge in [0, 0.05) is 6.54 Å². The van der Waals surface area contributed by atoms with E-state index >= 15 is 0 Å². The molecule has 140 valence electrons. The fourth-order valence-corrected chi connectivity index (χ4v) is 4.48. The van der Waals surface area contributed by atoms with Gasteiger partial charge < -0.3 is 5.32 Å². The third-order valence-corrected chi connectivity index (χ3v) is 6.37. The number of rotatable bonds is 7. The van der Waals surface area contributed by atoms with E-state index in [0.29, 0.717) is 5.56 Å². The molecule has 2 aromatic rings. The Kier molecular flexibility index (Phi) is 6.56. The number of benzene rings is 2. The monoisotopic (exact) mass is 374 g/mol. The Morgan fingerprint density at radius 2 is 1.77 bits per heavy atom. The predicted octanol–water partition coefficient (Wildman–Crippen LogP) is 3.19. The van der Waals surface area contributed by atoms with E-state index in [-0.39, 0.29) is 29.9 Å². The SMILES string of the molecule is CCN(CC(=O)N[C@@H](C)c1ccccc1)S(=O)(=O)c1cc(C)ccc1C. The van der Waals surface area contributed by atoms with Gasteiger partial charge in [0.25, 0.3) is 0 Å². The molecule has 0 saturated carbocycles. The van der Waals surface area contributed by atoms with Crippen LogP contribution in [0.2, 0.25) is 0 Å². The number of carbonyl (C=O) groups excluding carboxylic acids is 1. The van der Waals surface area contributed by atoms with Crippen molar-refractivity contribution < 1.29 is 13.2 Å². The van der Waals surface area contributed by atoms with Crippen molar-refractivity contribution in [3.8, 4) is 0 Å². The van der Waals surface area contributed by atoms with Crippen LogP contribution in [0.3, 0.4) is 0 Å². The molecular formula is C20H26N2O3S. The second kappa shape index (κ2) is 8.47. The molecule has 0 fully saturated rings. The lowest BCUT2D eigenvalue weighted by molar-refractivity contribution is -0.121. The molecule has 6 heteroatoms. The average Bonchev–Trinajstić information content (AvgIpc) is 2.62. The normalized spacial score (nSPS) is 12.8. The number of sulfonamides is 1. The van der Waals surface area contributed by atoms with Gasteiger partial charge in [-0.2, -0.15) is 4.31 Å². The van der Waals surface area contributed by atoms with E-state index in [4.69, 9.17) is 0 Å². The summed E-state index contributed by atoms with van der Waals surface area (Å²) in [7, 11) is -3.73. The minimum absolute atomic E-state index is 0.189. The van der Waals surface area contributed by atoms with E-state index in [1.54, 1.807) is 26.0 Å². The van der Waals surface area contributed by atoms with Crippen LogP contribution in [-0.2, 0) is 14.8 Å². The molecule has 0 heterocycles. The Morgan fingerprint density at radius 3 is 2.38 bits per heavy atom. The van der Waals surface area contributed by atoms with Crippen molar-refractivity contribution in [2.45, 2.75) is 38.6 Å². The zero-order chi connectivity index (χ0) is 19.3. The highest BCUT2D eigenvalue weighted by atomic mass is 32.2. The standard InChI is InChI=1S/C20H26N2O3S/c1-5-22(26(24,25)19-13-15(2)11-12-16(19)3)14-20(23)21-17(4)18-9-7-6-8-10-18/h6-13,17H,5,14H2,1-4H3,(H,21,23)/t17-/m0/s1. The first-order valence-electron chi connectivity index (χ1n) is 8.67. The molecule has 1 N–H and O–H groups in total. The summed E-state index contributed by atoms with van der Waals surface area (Å²) in [6.07, 6.45) is 0. The zero-order valence-corrected chi connectivity index (χ0v) is 16.5. The summed E-state index contributed by atoms with van der Waals surface area (Å²) in [4.78, 5) is 12.7. The van der Waals surface area contributed by atoms with Gasteiger partial charge in [0.2, 0.25) is 15.9 Å². The van der Waals surface area contributed by atoms with Crippen LogP contribution in [0, 0.1) is 13.8 Å². The van der Waals surface area contributed by atoms with Gasteiger partial charge in [-0.1, -0.05) is 49.4 Å². The fraction of sp³-hybridized carbons (Fsp3) is 0.350. The minimum atomic E-state index is -3.73. The molecule has 0 radical (unpaired) electrons. The molecule has 2 rings (SSSR count). The lowest BCUT2D eigenvalue weighted by atomic mass is 10.1. The maximum Gasteiger partial charge on any atom is 0.243 e. The summed E-state index contributed by atoms with van der Waals surface area (Å²) in [6.45, 7) is 7.24. The Hall–Kier alpha value is -2.18. The Morgan fingerprint density at radius 1 is 1.12 bits per heavy atom. The molecule has 0 aliphatic rings. The van der Waals surface area contributed by atoms with Crippen LogP contribution in [-0.4, -0.2) is 31.7 Å². The van der Waals surface area contributed by atoms with Crippen molar-refractivity contribution in [2.75, 3.05) is 13.1 Å². The van der Waals surface area contributed by atoms with E-state index in [9.17, 15) is 13.2 Å². The van der Waals surface area contributed by atoms with Crippen molar-refractivity contribution in [2.24, 2.45) is 0 Å². The molecule has 0 unspecified atom stereocenters. The summed E-state index contributed by atoms with van der Waals surface area (Å²) < 4.78 is 27.2. The summed E-state index contributed by atoms with van der Waals surface area (Å²) in [5.74, 6) is -0.322. The largest absolute Gasteiger partial charge is 0.348 e. The van der Waals surface area contributed by atoms with Crippen molar-refractivity contribution in [3.05, 3.63) is 65.2 Å². The van der Waals surface area contributed by atoms with Crippen molar-refractivity contribution in [1.29, 1.82) is 0 Å². The van der Waals surface area contributed by atoms with Gasteiger partial charge in [0.05, 0.1) is 17.5 Å². The van der Waals surface area contributed by atoms with Crippen molar-refractivity contribution in [3.63, 3.8) is 0 Å². The lowest BCUT2D eigenvalue weighted by Gasteiger charge is -2.22. The van der Waals surface area contributed by atoms with Crippen LogP contribution in [0.1, 0.15) is 36.6 Å². The van der Waals surface area contributed by atoms with Gasteiger partial charge in [-0.05, 0) is 43.5 Å². The van der Waals surface area contributed by atoms with Crippen molar-refractivity contribution in [1.82, 2.24) is 9.62 Å². The van der Waals surface area contributed by atoms with Crippen LogP contribution >= 0.6 is 0 Å². The molecule has 1 atom stereocenters. The molecule has 0 saturated heterocycles. The molecule has 26 heavy (non-hydrogen) atoms. The van der Waals surface area contributed by atoms with Gasteiger partial charge in [-0.15, -0.1) is 0 Å². The molecule has 0 aromatic heterocycles. The fourth-order valence-electron chi connectivity index (χ4n) is 2.76. The molecule has 0 aliphatic carbocycles. The molecule has 2 aromatic carbocycles. The summed E-state index contributed by atoms with van der Waals surface area (Å²) in [5, 5.41) is 2.87. The number of hydrogen-bond donors (Lipinski definition) is 1. The maximum atomic E-state index is 13.0. The molecule has 0 bridgehead atoms. The maximum absolute atomic E-state index is 13.0. The van der Waals surface area contributed by atoms with E-state index < -0.39 is 10.0 Å². The third-order valence-electron chi connectivity index (χ3n) is 4.31. The number of likely N-dealkylation sites (N-methyl/N-ethyl adjacent to an activating group) is 1. The van der Waals surface area contributed by atoms with Gasteiger partial charge >= 0.3 is 0 Å². The second-order valence-electron chi connectivity index (χ2n) is 6.40. The first-order valence-corrected chi connectivity index (χ1v) is 10.1. The molecule has 0 spiro atoms. The number of nitrogens with one attached hydrogen (secondary N) is 1. The molecule has 5 nitrogen and oxygen atoms in total. The predicted molar refractivity (Wildman–Crippen MR) is 103 cm³/mol. The topological polar surface area (TPSA) is 66.5 Å². The van der Waals surface area contributed by atoms with E-state index in [1.807, 2.05) is 50.2 Å². The summed E-state index contributed by atoms with van der Waals surface area (Å²) >= 11 is 0. The molecule has 1 amide bonds. The number of nitrogens with zero attached hydrogens (tertiary/aromatic N) is 1. The van der Waals surface area contributed by atoms with Crippen LogP contribution < -0.4 is 5.32 Å². The minimum Gasteiger partial charge on any atom is -0.348 e. The number of amides is 1. The molecular weight excluding hydrogens is 348 g/mol. The van der Waals surface area contributed by atoms with Gasteiger partial charge in [0.1, 0.15) is 0 Å². The highest BCUT2D eigenvalue weighted by Gasteiger charge is 2.27. The Labute approximate surface area is 156 Å².